The van der Waals surface area contributed by atoms with E-state index in [1.165, 1.54) is 0 Å². The highest BCUT2D eigenvalue weighted by molar-refractivity contribution is 5.28. The van der Waals surface area contributed by atoms with Crippen molar-refractivity contribution in [3.63, 3.8) is 0 Å². The van der Waals surface area contributed by atoms with E-state index in [2.05, 4.69) is 14.9 Å². The number of imidazole rings is 1. The first-order valence-electron chi connectivity index (χ1n) is 6.25. The summed E-state index contributed by atoms with van der Waals surface area (Å²) < 4.78 is 18.1. The fraction of sp³-hybridized carbons (Fsp3) is 0.750. The Hall–Kier alpha value is -1.11. The van der Waals surface area contributed by atoms with E-state index in [0.717, 1.165) is 24.7 Å². The summed E-state index contributed by atoms with van der Waals surface area (Å²) in [6.07, 6.45) is 2.13. The van der Waals surface area contributed by atoms with Gasteiger partial charge in [0, 0.05) is 19.9 Å². The number of nitrogens with zero attached hydrogens (tertiary/aromatic N) is 2. The van der Waals surface area contributed by atoms with Crippen LogP contribution in [-0.2, 0) is 20.8 Å². The first kappa shape index (κ1) is 13.3. The predicted molar refractivity (Wildman–Crippen MR) is 67.9 cm³/mol. The minimum Gasteiger partial charge on any atom is -0.383 e. The Morgan fingerprint density at radius 1 is 1.56 bits per heavy atom. The number of methoxy groups -OCH3 is 1. The molecule has 1 atom stereocenters. The van der Waals surface area contributed by atoms with E-state index < -0.39 is 0 Å². The highest BCUT2D eigenvalue weighted by atomic mass is 16.6. The van der Waals surface area contributed by atoms with Crippen molar-refractivity contribution in [2.75, 3.05) is 45.4 Å². The second kappa shape index (κ2) is 6.72. The molecule has 1 aromatic heterocycles. The van der Waals surface area contributed by atoms with Crippen LogP contribution in [0.25, 0.3) is 0 Å². The zero-order valence-electron chi connectivity index (χ0n) is 11.0. The molecular formula is C12H21N3O3. The molecule has 18 heavy (non-hydrogen) atoms. The normalized spacial score (nSPS) is 20.0. The third-order valence-corrected chi connectivity index (χ3v) is 2.77. The Morgan fingerprint density at radius 3 is 3.17 bits per heavy atom. The average Bonchev–Trinajstić information content (AvgIpc) is 2.71. The maximum atomic E-state index is 5.65. The standard InChI is InChI=1S/C12H21N3O3/c1-10-7-15(8-11-9-17-5-6-18-11)12(14-10)13-3-4-16-2/h7,11H,3-6,8-9H2,1-2H3,(H,13,14). The van der Waals surface area contributed by atoms with Gasteiger partial charge in [0.25, 0.3) is 0 Å². The molecule has 0 aromatic carbocycles. The molecule has 2 rings (SSSR count). The number of hydrogen-bond acceptors (Lipinski definition) is 5. The molecule has 1 unspecified atom stereocenters. The highest BCUT2D eigenvalue weighted by Gasteiger charge is 2.16. The van der Waals surface area contributed by atoms with Gasteiger partial charge in [-0.2, -0.15) is 0 Å². The van der Waals surface area contributed by atoms with Gasteiger partial charge in [0.15, 0.2) is 0 Å². The van der Waals surface area contributed by atoms with E-state index >= 15 is 0 Å². The molecule has 1 aromatic rings. The van der Waals surface area contributed by atoms with Crippen LogP contribution in [0.2, 0.25) is 0 Å². The van der Waals surface area contributed by atoms with Crippen LogP contribution < -0.4 is 5.32 Å². The van der Waals surface area contributed by atoms with Gasteiger partial charge >= 0.3 is 0 Å². The topological polar surface area (TPSA) is 57.5 Å². The van der Waals surface area contributed by atoms with Crippen molar-refractivity contribution in [2.45, 2.75) is 19.6 Å². The van der Waals surface area contributed by atoms with Crippen LogP contribution in [0.4, 0.5) is 5.95 Å². The lowest BCUT2D eigenvalue weighted by atomic mass is 10.3. The first-order chi connectivity index (χ1) is 8.79. The van der Waals surface area contributed by atoms with Gasteiger partial charge < -0.3 is 24.1 Å². The van der Waals surface area contributed by atoms with Gasteiger partial charge in [-0.1, -0.05) is 0 Å². The average molecular weight is 255 g/mol. The molecule has 102 valence electrons. The second-order valence-corrected chi connectivity index (χ2v) is 4.35. The number of anilines is 1. The molecule has 0 bridgehead atoms. The first-order valence-corrected chi connectivity index (χ1v) is 6.25. The van der Waals surface area contributed by atoms with Crippen LogP contribution in [0.1, 0.15) is 5.69 Å². The smallest absolute Gasteiger partial charge is 0.203 e. The largest absolute Gasteiger partial charge is 0.383 e. The van der Waals surface area contributed by atoms with E-state index in [0.29, 0.717) is 26.4 Å². The lowest BCUT2D eigenvalue weighted by Crippen LogP contribution is -2.32. The molecule has 0 radical (unpaired) electrons. The monoisotopic (exact) mass is 255 g/mol. The molecule has 1 aliphatic rings. The van der Waals surface area contributed by atoms with Crippen molar-refractivity contribution >= 4 is 5.95 Å². The molecule has 1 fully saturated rings. The summed E-state index contributed by atoms with van der Waals surface area (Å²) in [5.74, 6) is 0.860. The summed E-state index contributed by atoms with van der Waals surface area (Å²) in [6, 6.07) is 0. The fourth-order valence-electron chi connectivity index (χ4n) is 1.95. The summed E-state index contributed by atoms with van der Waals surface area (Å²) >= 11 is 0. The van der Waals surface area contributed by atoms with Gasteiger partial charge in [0.2, 0.25) is 5.95 Å². The zero-order valence-corrected chi connectivity index (χ0v) is 11.0. The molecule has 0 amide bonds. The van der Waals surface area contributed by atoms with E-state index in [4.69, 9.17) is 14.2 Å². The molecule has 2 heterocycles. The van der Waals surface area contributed by atoms with Crippen molar-refractivity contribution in [3.05, 3.63) is 11.9 Å². The Kier molecular flexibility index (Phi) is 4.98. The van der Waals surface area contributed by atoms with Gasteiger partial charge in [0.1, 0.15) is 0 Å². The maximum Gasteiger partial charge on any atom is 0.203 e. The van der Waals surface area contributed by atoms with E-state index in [9.17, 15) is 0 Å². The molecular weight excluding hydrogens is 234 g/mol. The lowest BCUT2D eigenvalue weighted by Gasteiger charge is -2.23. The Balaban J connectivity index is 1.93. The molecule has 6 heteroatoms. The lowest BCUT2D eigenvalue weighted by molar-refractivity contribution is -0.0934. The zero-order chi connectivity index (χ0) is 12.8. The molecule has 1 saturated heterocycles. The van der Waals surface area contributed by atoms with Crippen LogP contribution in [0.3, 0.4) is 0 Å². The quantitative estimate of drug-likeness (QED) is 0.757. The van der Waals surface area contributed by atoms with E-state index in [1.54, 1.807) is 7.11 Å². The SMILES string of the molecule is COCCNc1nc(C)cn1CC1COCCO1. The third-order valence-electron chi connectivity index (χ3n) is 2.77. The maximum absolute atomic E-state index is 5.65. The van der Waals surface area contributed by atoms with Crippen molar-refractivity contribution in [1.82, 2.24) is 9.55 Å². The minimum atomic E-state index is 0.107. The van der Waals surface area contributed by atoms with Gasteiger partial charge in [-0.05, 0) is 6.92 Å². The van der Waals surface area contributed by atoms with Gasteiger partial charge in [-0.3, -0.25) is 0 Å². The molecule has 1 aliphatic heterocycles. The molecule has 0 saturated carbocycles. The van der Waals surface area contributed by atoms with Gasteiger partial charge in [-0.15, -0.1) is 0 Å². The minimum absolute atomic E-state index is 0.107. The molecule has 6 nitrogen and oxygen atoms in total. The summed E-state index contributed by atoms with van der Waals surface area (Å²) in [5.41, 5.74) is 0.992. The third kappa shape index (κ3) is 3.69. The Bertz CT molecular complexity index is 361. The van der Waals surface area contributed by atoms with Crippen LogP contribution in [0.5, 0.6) is 0 Å². The number of hydrogen-bond donors (Lipinski definition) is 1. The second-order valence-electron chi connectivity index (χ2n) is 4.35. The molecule has 0 aliphatic carbocycles. The molecule has 1 N–H and O–H groups in total. The van der Waals surface area contributed by atoms with Crippen LogP contribution in [0.15, 0.2) is 6.20 Å². The Labute approximate surface area is 107 Å². The number of nitrogens with one attached hydrogen (secondary N) is 1. The summed E-state index contributed by atoms with van der Waals surface area (Å²) in [5, 5.41) is 3.26. The fourth-order valence-corrected chi connectivity index (χ4v) is 1.95. The predicted octanol–water partition coefficient (Wildman–Crippen LogP) is 0.665. The highest BCUT2D eigenvalue weighted by Crippen LogP contribution is 2.12. The van der Waals surface area contributed by atoms with E-state index in [-0.39, 0.29) is 6.10 Å². The number of aromatic nitrogens is 2. The summed E-state index contributed by atoms with van der Waals surface area (Å²) in [6.45, 7) is 6.16. The van der Waals surface area contributed by atoms with Crippen molar-refractivity contribution in [2.24, 2.45) is 0 Å². The van der Waals surface area contributed by atoms with Crippen molar-refractivity contribution in [1.29, 1.82) is 0 Å². The van der Waals surface area contributed by atoms with Crippen molar-refractivity contribution in [3.8, 4) is 0 Å². The van der Waals surface area contributed by atoms with Crippen molar-refractivity contribution < 1.29 is 14.2 Å². The van der Waals surface area contributed by atoms with Gasteiger partial charge in [-0.25, -0.2) is 4.98 Å². The number of rotatable bonds is 6. The van der Waals surface area contributed by atoms with E-state index in [1.807, 2.05) is 13.1 Å². The van der Waals surface area contributed by atoms with Crippen LogP contribution >= 0.6 is 0 Å². The van der Waals surface area contributed by atoms with Crippen LogP contribution in [0, 0.1) is 6.92 Å². The molecule has 0 spiro atoms. The van der Waals surface area contributed by atoms with Gasteiger partial charge in [0.05, 0.1) is 44.8 Å². The summed E-state index contributed by atoms with van der Waals surface area (Å²) in [7, 11) is 1.69. The number of aryl methyl sites for hydroxylation is 1. The summed E-state index contributed by atoms with van der Waals surface area (Å²) in [4.78, 5) is 4.45. The Morgan fingerprint density at radius 2 is 2.44 bits per heavy atom. The van der Waals surface area contributed by atoms with Crippen LogP contribution in [-0.4, -0.2) is 55.7 Å². The number of ether oxygens (including phenoxy) is 3.